The number of alkyl halides is 3. The highest BCUT2D eigenvalue weighted by Crippen LogP contribution is 2.33. The van der Waals surface area contributed by atoms with Crippen LogP contribution in [0.3, 0.4) is 0 Å². The van der Waals surface area contributed by atoms with Gasteiger partial charge in [-0.2, -0.15) is 18.3 Å². The van der Waals surface area contributed by atoms with E-state index in [1.807, 2.05) is 0 Å². The Bertz CT molecular complexity index is 1330. The van der Waals surface area contributed by atoms with Crippen molar-refractivity contribution in [3.05, 3.63) is 65.8 Å². The van der Waals surface area contributed by atoms with Crippen LogP contribution in [0.5, 0.6) is 0 Å². The Morgan fingerprint density at radius 3 is 2.18 bits per heavy atom. The average molecular weight is 415 g/mol. The van der Waals surface area contributed by atoms with Gasteiger partial charge in [-0.1, -0.05) is 12.1 Å². The molecule has 3 N–H and O–H groups in total. The van der Waals surface area contributed by atoms with Gasteiger partial charge in [-0.15, -0.1) is 0 Å². The van der Waals surface area contributed by atoms with E-state index in [0.717, 1.165) is 24.3 Å². The first-order valence-corrected chi connectivity index (χ1v) is 8.83. The number of primary sulfonamides is 1. The zero-order valence-corrected chi connectivity index (χ0v) is 14.4. The Hall–Kier alpha value is -3.18. The van der Waals surface area contributed by atoms with Crippen LogP contribution in [-0.4, -0.2) is 29.3 Å². The van der Waals surface area contributed by atoms with E-state index < -0.39 is 68.9 Å². The highest BCUT2D eigenvalue weighted by atomic mass is 32.2. The SMILES string of the molecule is [2H]c1c([2H])c(-c2cc(C(F)(F)F)nn2-c2ccc(S(N)(=O)=O)cc2)c([2H])c([2H])c1C(=O)O. The normalized spacial score (nSPS) is 14.1. The van der Waals surface area contributed by atoms with Crippen molar-refractivity contribution in [2.45, 2.75) is 11.1 Å². The van der Waals surface area contributed by atoms with Gasteiger partial charge in [0.1, 0.15) is 0 Å². The van der Waals surface area contributed by atoms with E-state index in [4.69, 9.17) is 15.7 Å². The lowest BCUT2D eigenvalue weighted by Crippen LogP contribution is -2.12. The summed E-state index contributed by atoms with van der Waals surface area (Å²) in [6, 6.07) is 0.963. The smallest absolute Gasteiger partial charge is 0.435 e. The van der Waals surface area contributed by atoms with E-state index in [9.17, 15) is 26.4 Å². The fourth-order valence-electron chi connectivity index (χ4n) is 2.22. The van der Waals surface area contributed by atoms with Crippen LogP contribution in [0.15, 0.2) is 59.4 Å². The van der Waals surface area contributed by atoms with Crippen LogP contribution in [0.25, 0.3) is 16.9 Å². The van der Waals surface area contributed by atoms with Crippen molar-refractivity contribution in [1.82, 2.24) is 9.78 Å². The number of aromatic carboxylic acids is 1. The van der Waals surface area contributed by atoms with E-state index >= 15 is 0 Å². The Balaban J connectivity index is 2.36. The van der Waals surface area contributed by atoms with E-state index in [-0.39, 0.29) is 10.6 Å². The molecule has 0 aliphatic heterocycles. The average Bonchev–Trinajstić information content (AvgIpc) is 3.11. The van der Waals surface area contributed by atoms with Gasteiger partial charge in [-0.05, 0) is 42.4 Å². The molecule has 0 fully saturated rings. The molecule has 7 nitrogen and oxygen atoms in total. The number of carboxylic acids is 1. The molecule has 0 aliphatic rings. The van der Waals surface area contributed by atoms with Gasteiger partial charge in [-0.25, -0.2) is 23.0 Å². The first kappa shape index (κ1) is 14.8. The van der Waals surface area contributed by atoms with E-state index in [2.05, 4.69) is 5.10 Å². The summed E-state index contributed by atoms with van der Waals surface area (Å²) in [4.78, 5) is 11.0. The van der Waals surface area contributed by atoms with Gasteiger partial charge in [0.25, 0.3) is 0 Å². The maximum atomic E-state index is 13.3. The van der Waals surface area contributed by atoms with Crippen molar-refractivity contribution in [2.24, 2.45) is 5.14 Å². The van der Waals surface area contributed by atoms with Gasteiger partial charge in [0.2, 0.25) is 10.0 Å². The molecule has 1 heterocycles. The summed E-state index contributed by atoms with van der Waals surface area (Å²) in [7, 11) is -4.09. The topological polar surface area (TPSA) is 115 Å². The zero-order valence-electron chi connectivity index (χ0n) is 17.6. The summed E-state index contributed by atoms with van der Waals surface area (Å²) in [5.41, 5.74) is -3.62. The molecule has 0 unspecified atom stereocenters. The molecule has 0 atom stereocenters. The quantitative estimate of drug-likeness (QED) is 0.680. The minimum atomic E-state index is -4.94. The Morgan fingerprint density at radius 1 is 1.14 bits per heavy atom. The molecule has 0 amide bonds. The van der Waals surface area contributed by atoms with E-state index in [0.29, 0.717) is 10.7 Å². The summed E-state index contributed by atoms with van der Waals surface area (Å²) >= 11 is 0. The number of hydrogen-bond acceptors (Lipinski definition) is 4. The van der Waals surface area contributed by atoms with Gasteiger partial charge >= 0.3 is 12.1 Å². The molecule has 3 aromatic rings. The molecule has 2 aromatic carbocycles. The molecule has 0 aliphatic carbocycles. The third kappa shape index (κ3) is 3.89. The number of benzene rings is 2. The molecule has 0 saturated carbocycles. The number of nitrogens with two attached hydrogens (primary N) is 1. The van der Waals surface area contributed by atoms with Crippen LogP contribution in [0.4, 0.5) is 13.2 Å². The third-order valence-electron chi connectivity index (χ3n) is 3.50. The highest BCUT2D eigenvalue weighted by molar-refractivity contribution is 7.89. The fourth-order valence-corrected chi connectivity index (χ4v) is 2.73. The maximum absolute atomic E-state index is 13.3. The lowest BCUT2D eigenvalue weighted by Gasteiger charge is -2.09. The van der Waals surface area contributed by atoms with Crippen molar-refractivity contribution in [1.29, 1.82) is 0 Å². The molecule has 0 spiro atoms. The lowest BCUT2D eigenvalue weighted by atomic mass is 10.1. The molecule has 1 aromatic heterocycles. The summed E-state index contributed by atoms with van der Waals surface area (Å²) in [5.74, 6) is -1.74. The van der Waals surface area contributed by atoms with Crippen molar-refractivity contribution in [3.63, 3.8) is 0 Å². The summed E-state index contributed by atoms with van der Waals surface area (Å²) < 4.78 is 95.4. The van der Waals surface area contributed by atoms with Crippen LogP contribution in [-0.2, 0) is 16.2 Å². The summed E-state index contributed by atoms with van der Waals surface area (Å²) in [5, 5.41) is 17.6. The van der Waals surface area contributed by atoms with Gasteiger partial charge in [-0.3, -0.25) is 0 Å². The Morgan fingerprint density at radius 2 is 1.71 bits per heavy atom. The molecule has 11 heteroatoms. The molecule has 0 bridgehead atoms. The number of nitrogens with zero attached hydrogens (tertiary/aromatic N) is 2. The number of sulfonamides is 1. The van der Waals surface area contributed by atoms with Crippen molar-refractivity contribution in [2.75, 3.05) is 0 Å². The second kappa shape index (κ2) is 6.77. The molecule has 28 heavy (non-hydrogen) atoms. The molecule has 0 radical (unpaired) electrons. The molecule has 3 rings (SSSR count). The Labute approximate surface area is 162 Å². The number of rotatable bonds is 4. The first-order chi connectivity index (χ1) is 14.6. The minimum absolute atomic E-state index is 0.109. The predicted octanol–water partition coefficient (Wildman–Crippen LogP) is 2.90. The van der Waals surface area contributed by atoms with Gasteiger partial charge in [0.05, 0.1) is 27.3 Å². The molecule has 146 valence electrons. The van der Waals surface area contributed by atoms with Gasteiger partial charge in [0, 0.05) is 5.56 Å². The van der Waals surface area contributed by atoms with Crippen molar-refractivity contribution < 1.29 is 37.0 Å². The minimum Gasteiger partial charge on any atom is -0.478 e. The van der Waals surface area contributed by atoms with E-state index in [1.54, 1.807) is 0 Å². The monoisotopic (exact) mass is 415 g/mol. The first-order valence-electron chi connectivity index (χ1n) is 9.29. The van der Waals surface area contributed by atoms with Crippen LogP contribution in [0, 0.1) is 0 Å². The van der Waals surface area contributed by atoms with Crippen LogP contribution >= 0.6 is 0 Å². The molecular formula is C17H12F3N3O4S. The summed E-state index contributed by atoms with van der Waals surface area (Å²) in [6.07, 6.45) is -4.94. The second-order valence-electron chi connectivity index (χ2n) is 5.42. The third-order valence-corrected chi connectivity index (χ3v) is 4.43. The number of aromatic nitrogens is 2. The highest BCUT2D eigenvalue weighted by Gasteiger charge is 2.35. The largest absolute Gasteiger partial charge is 0.478 e. The maximum Gasteiger partial charge on any atom is 0.435 e. The number of halogens is 3. The standard InChI is InChI=1S/C17H12F3N3O4S/c18-17(19,20)15-9-14(10-1-3-11(4-2-10)16(24)25)23(22-15)12-5-7-13(8-6-12)28(21,26)27/h1-9H,(H,24,25)(H2,21,26,27)/i1D,2D,3D,4D. The fraction of sp³-hybridized carbons (Fsp3) is 0.0588. The predicted molar refractivity (Wildman–Crippen MR) is 92.3 cm³/mol. The molecular weight excluding hydrogens is 399 g/mol. The number of hydrogen-bond donors (Lipinski definition) is 2. The zero-order chi connectivity index (χ0) is 24.2. The van der Waals surface area contributed by atoms with Crippen LogP contribution in [0.1, 0.15) is 21.5 Å². The van der Waals surface area contributed by atoms with Crippen LogP contribution in [0.2, 0.25) is 0 Å². The Kier molecular flexibility index (Phi) is 3.58. The van der Waals surface area contributed by atoms with Crippen LogP contribution < -0.4 is 5.14 Å². The van der Waals surface area contributed by atoms with E-state index in [1.165, 1.54) is 0 Å². The van der Waals surface area contributed by atoms with Crippen molar-refractivity contribution >= 4 is 16.0 Å². The second-order valence-corrected chi connectivity index (χ2v) is 6.98. The molecule has 0 saturated heterocycles. The number of carboxylic acid groups (broad SMARTS) is 1. The van der Waals surface area contributed by atoms with Crippen molar-refractivity contribution in [3.8, 4) is 16.9 Å². The van der Waals surface area contributed by atoms with Gasteiger partial charge in [0.15, 0.2) is 5.69 Å². The van der Waals surface area contributed by atoms with Gasteiger partial charge < -0.3 is 5.11 Å². The summed E-state index contributed by atoms with van der Waals surface area (Å²) in [6.45, 7) is 0. The number of carbonyl (C=O) groups is 1. The lowest BCUT2D eigenvalue weighted by molar-refractivity contribution is -0.141.